The van der Waals surface area contributed by atoms with E-state index in [9.17, 15) is 57.8 Å². The standard InChI is InChI=1S/C77H96N16O13/c1-47(2)35-48(3)69(97)86-62(36-49-21-7-4-8-22-49)74(102)88-64(38-51-25-11-6-12-26-51)73(101)84-60(31-17-19-33-78)72(100)85-61(77(105)106)32-18-20-34-93-46-56(91-92-93)41-57(79)70(98)87-63(37-50-23-9-5-10-24-50)75(103)90-66(43-55-40-53-28-14-16-30-59(53)83-55)76(104)89-65(71(99)81-44-67(94)80-45-68(95)96)42-54-39-52-27-13-15-29-58(52)82-54/h4-16,21-30,39-40,46-48,57,60-66,82-83H,17-20,31-38,41-45,78-79H2,1-3H3,(H,80,94)(H,81,99)(H,84,101)(H,85,100)(H,86,97)(H,87,98)(H,88,102)(H,89,104)(H,90,103)(H,95,96)(H,105,106)/t48-,57-,60-,61-,62-,63-,64-,65-,66-/m1/s1. The molecule has 0 aliphatic carbocycles. The van der Waals surface area contributed by atoms with Gasteiger partial charge in [-0.1, -0.05) is 153 Å². The fourth-order valence-electron chi connectivity index (χ4n) is 12.3. The molecule has 0 radical (unpaired) electrons. The van der Waals surface area contributed by atoms with Gasteiger partial charge in [0.25, 0.3) is 0 Å². The molecule has 0 unspecified atom stereocenters. The largest absolute Gasteiger partial charge is 0.480 e. The molecule has 3 heterocycles. The predicted molar refractivity (Wildman–Crippen MR) is 396 cm³/mol. The first-order valence-electron chi connectivity index (χ1n) is 35.7. The van der Waals surface area contributed by atoms with Gasteiger partial charge in [-0.2, -0.15) is 0 Å². The fourth-order valence-corrected chi connectivity index (χ4v) is 12.3. The van der Waals surface area contributed by atoms with Gasteiger partial charge in [-0.05, 0) is 109 Å². The average Bonchev–Trinajstić information content (AvgIpc) is 1.59. The number of aromatic nitrogens is 5. The van der Waals surface area contributed by atoms with Gasteiger partial charge in [0.15, 0.2) is 0 Å². The van der Waals surface area contributed by atoms with Crippen molar-refractivity contribution in [3.05, 3.63) is 192 Å². The lowest BCUT2D eigenvalue weighted by Crippen LogP contribution is -2.59. The van der Waals surface area contributed by atoms with Crippen LogP contribution >= 0.6 is 0 Å². The predicted octanol–water partition coefficient (Wildman–Crippen LogP) is 3.10. The summed E-state index contributed by atoms with van der Waals surface area (Å²) in [6.07, 6.45) is 3.49. The average molecular weight is 1450 g/mol. The van der Waals surface area contributed by atoms with E-state index >= 15 is 0 Å². The maximum absolute atomic E-state index is 14.8. The quantitative estimate of drug-likeness (QED) is 0.0244. The Bertz CT molecular complexity index is 4190. The summed E-state index contributed by atoms with van der Waals surface area (Å²) in [6, 6.07) is 35.0. The molecule has 0 fully saturated rings. The summed E-state index contributed by atoms with van der Waals surface area (Å²) in [6.45, 7) is 5.03. The number of aryl methyl sites for hydroxylation is 1. The second-order valence-electron chi connectivity index (χ2n) is 27.0. The number of hydrogen-bond acceptors (Lipinski definition) is 15. The minimum atomic E-state index is -1.39. The van der Waals surface area contributed by atoms with E-state index in [1.54, 1.807) is 73.8 Å². The van der Waals surface area contributed by atoms with Crippen molar-refractivity contribution in [1.82, 2.24) is 72.8 Å². The van der Waals surface area contributed by atoms with Crippen LogP contribution in [0.15, 0.2) is 158 Å². The Morgan fingerprint density at radius 2 is 0.868 bits per heavy atom. The highest BCUT2D eigenvalue weighted by Gasteiger charge is 2.35. The molecule has 0 spiro atoms. The van der Waals surface area contributed by atoms with Gasteiger partial charge in [0.2, 0.25) is 53.2 Å². The van der Waals surface area contributed by atoms with Gasteiger partial charge in [0.1, 0.15) is 48.8 Å². The summed E-state index contributed by atoms with van der Waals surface area (Å²) in [4.78, 5) is 157. The first-order chi connectivity index (χ1) is 51.0. The molecule has 9 amide bonds. The number of aromatic amines is 2. The molecule has 0 saturated carbocycles. The number of H-pyrrole nitrogens is 2. The minimum absolute atomic E-state index is 0.0195. The molecule has 0 bridgehead atoms. The van der Waals surface area contributed by atoms with E-state index in [4.69, 9.17) is 16.6 Å². The van der Waals surface area contributed by atoms with E-state index in [2.05, 4.69) is 68.1 Å². The number of fused-ring (bicyclic) bond motifs is 2. The number of carbonyl (C=O) groups excluding carboxylic acids is 9. The maximum atomic E-state index is 14.8. The summed E-state index contributed by atoms with van der Waals surface area (Å²) in [5.41, 5.74) is 17.4. The number of aliphatic carboxylic acids is 2. The van der Waals surface area contributed by atoms with Gasteiger partial charge in [0.05, 0.1) is 18.3 Å². The molecular weight excluding hydrogens is 1360 g/mol. The normalized spacial score (nSPS) is 13.8. The highest BCUT2D eigenvalue weighted by Crippen LogP contribution is 2.20. The zero-order valence-electron chi connectivity index (χ0n) is 59.7. The number of hydrogen-bond donors (Lipinski definition) is 15. The van der Waals surface area contributed by atoms with Crippen LogP contribution in [0.1, 0.15) is 99.5 Å². The molecule has 8 rings (SSSR count). The minimum Gasteiger partial charge on any atom is -0.480 e. The van der Waals surface area contributed by atoms with Gasteiger partial charge in [-0.3, -0.25) is 52.6 Å². The van der Waals surface area contributed by atoms with Crippen LogP contribution in [0.2, 0.25) is 0 Å². The third-order valence-electron chi connectivity index (χ3n) is 17.8. The molecule has 29 nitrogen and oxygen atoms in total. The number of nitrogens with zero attached hydrogens (tertiary/aromatic N) is 3. The van der Waals surface area contributed by atoms with Crippen molar-refractivity contribution in [1.29, 1.82) is 0 Å². The van der Waals surface area contributed by atoms with Crippen molar-refractivity contribution < 1.29 is 63.0 Å². The van der Waals surface area contributed by atoms with E-state index in [1.807, 2.05) is 105 Å². The molecule has 17 N–H and O–H groups in total. The molecule has 3 aromatic heterocycles. The van der Waals surface area contributed by atoms with Crippen LogP contribution in [-0.4, -0.2) is 168 Å². The lowest BCUT2D eigenvalue weighted by molar-refractivity contribution is -0.142. The summed E-state index contributed by atoms with van der Waals surface area (Å²) in [7, 11) is 0. The van der Waals surface area contributed by atoms with Crippen LogP contribution in [0, 0.1) is 11.8 Å². The van der Waals surface area contributed by atoms with Crippen LogP contribution in [0.5, 0.6) is 0 Å². The van der Waals surface area contributed by atoms with Crippen LogP contribution in [0.4, 0.5) is 0 Å². The number of rotatable bonds is 43. The van der Waals surface area contributed by atoms with Gasteiger partial charge in [-0.25, -0.2) is 4.79 Å². The van der Waals surface area contributed by atoms with E-state index in [-0.39, 0.29) is 76.2 Å². The van der Waals surface area contributed by atoms with Gasteiger partial charge >= 0.3 is 11.9 Å². The zero-order valence-corrected chi connectivity index (χ0v) is 59.7. The van der Waals surface area contributed by atoms with Crippen LogP contribution in [0.3, 0.4) is 0 Å². The van der Waals surface area contributed by atoms with Crippen molar-refractivity contribution in [2.24, 2.45) is 23.3 Å². The first-order valence-corrected chi connectivity index (χ1v) is 35.7. The smallest absolute Gasteiger partial charge is 0.326 e. The Balaban J connectivity index is 0.898. The lowest BCUT2D eigenvalue weighted by Gasteiger charge is -2.27. The highest BCUT2D eigenvalue weighted by molar-refractivity contribution is 5.98. The number of nitrogens with one attached hydrogen (secondary N) is 11. The van der Waals surface area contributed by atoms with E-state index in [0.29, 0.717) is 60.4 Å². The third-order valence-corrected chi connectivity index (χ3v) is 17.8. The third kappa shape index (κ3) is 25.7. The maximum Gasteiger partial charge on any atom is 0.326 e. The zero-order chi connectivity index (χ0) is 76.1. The molecule has 5 aromatic carbocycles. The van der Waals surface area contributed by atoms with Crippen molar-refractivity contribution >= 4 is 86.9 Å². The number of para-hydroxylation sites is 2. The number of amides is 9. The summed E-state index contributed by atoms with van der Waals surface area (Å²) in [5, 5.41) is 53.8. The second kappa shape index (κ2) is 40.5. The fraction of sp³-hybridized carbons (Fsp3) is 0.390. The molecule has 29 heteroatoms. The number of carboxylic acid groups (broad SMARTS) is 2. The summed E-state index contributed by atoms with van der Waals surface area (Å²) < 4.78 is 1.49. The Morgan fingerprint density at radius 3 is 1.34 bits per heavy atom. The first kappa shape index (κ1) is 80.1. The Labute approximate surface area is 613 Å². The summed E-state index contributed by atoms with van der Waals surface area (Å²) in [5.74, 6) is -9.08. The van der Waals surface area contributed by atoms with Gasteiger partial charge in [-0.15, -0.1) is 5.10 Å². The molecule has 0 aliphatic rings. The SMILES string of the molecule is CC(C)C[C@@H](C)C(=O)N[C@H](Cc1ccccc1)C(=O)N[C@H](Cc1ccccc1)C(=O)N[C@H](CCCCN)C(=O)N[C@H](CCCCn1cc(C[C@@H](N)C(=O)N[C@H](Cc2ccccc2)C(=O)N[C@H](Cc2cc3ccccc3[nH]2)C(=O)N[C@H](Cc2cc3ccccc3[nH]2)C(=O)NCC(=O)NCC(=O)O)nn1)C(=O)O. The summed E-state index contributed by atoms with van der Waals surface area (Å²) >= 11 is 0. The van der Waals surface area contributed by atoms with Crippen molar-refractivity contribution in [3.8, 4) is 0 Å². The molecular formula is C77H96N16O13. The van der Waals surface area contributed by atoms with Crippen molar-refractivity contribution in [3.63, 3.8) is 0 Å². The molecule has 562 valence electrons. The number of carboxylic acids is 2. The molecule has 9 atom stereocenters. The van der Waals surface area contributed by atoms with Gasteiger partial charge < -0.3 is 79.5 Å². The Hall–Kier alpha value is -11.6. The second-order valence-corrected chi connectivity index (χ2v) is 27.0. The van der Waals surface area contributed by atoms with E-state index in [0.717, 1.165) is 27.4 Å². The van der Waals surface area contributed by atoms with E-state index in [1.165, 1.54) is 4.68 Å². The number of carbonyl (C=O) groups is 11. The highest BCUT2D eigenvalue weighted by atomic mass is 16.4. The molecule has 0 saturated heterocycles. The lowest BCUT2D eigenvalue weighted by atomic mass is 9.97. The molecule has 8 aromatic rings. The Kier molecular flexibility index (Phi) is 30.6. The topological polar surface area (TPSA) is 451 Å². The monoisotopic (exact) mass is 1450 g/mol. The van der Waals surface area contributed by atoms with Crippen LogP contribution in [0.25, 0.3) is 21.8 Å². The van der Waals surface area contributed by atoms with Crippen LogP contribution in [-0.2, 0) is 97.8 Å². The Morgan fingerprint density at radius 1 is 0.453 bits per heavy atom. The molecule has 106 heavy (non-hydrogen) atoms. The van der Waals surface area contributed by atoms with Gasteiger partial charge in [0, 0.05) is 79.6 Å². The van der Waals surface area contributed by atoms with Crippen LogP contribution < -0.4 is 59.3 Å². The number of unbranched alkanes of at least 4 members (excludes halogenated alkanes) is 2. The van der Waals surface area contributed by atoms with Crippen molar-refractivity contribution in [2.45, 2.75) is 159 Å². The molecule has 0 aliphatic heterocycles. The van der Waals surface area contributed by atoms with Crippen molar-refractivity contribution in [2.75, 3.05) is 19.6 Å². The van der Waals surface area contributed by atoms with E-state index < -0.39 is 127 Å². The number of benzene rings is 5. The number of nitrogens with two attached hydrogens (primary N) is 2.